The predicted molar refractivity (Wildman–Crippen MR) is 51.5 cm³/mol. The van der Waals surface area contributed by atoms with E-state index in [4.69, 9.17) is 4.74 Å². The Morgan fingerprint density at radius 3 is 2.73 bits per heavy atom. The van der Waals surface area contributed by atoms with Crippen molar-refractivity contribution in [3.63, 3.8) is 0 Å². The van der Waals surface area contributed by atoms with Gasteiger partial charge in [-0.15, -0.1) is 0 Å². The summed E-state index contributed by atoms with van der Waals surface area (Å²) < 4.78 is 4.79. The van der Waals surface area contributed by atoms with E-state index in [1.165, 1.54) is 11.8 Å². The van der Waals surface area contributed by atoms with Crippen molar-refractivity contribution in [2.75, 3.05) is 24.9 Å². The van der Waals surface area contributed by atoms with Crippen molar-refractivity contribution in [3.8, 4) is 0 Å². The van der Waals surface area contributed by atoms with E-state index in [0.29, 0.717) is 6.61 Å². The summed E-state index contributed by atoms with van der Waals surface area (Å²) in [5.41, 5.74) is 0. The van der Waals surface area contributed by atoms with Gasteiger partial charge in [0.2, 0.25) is 0 Å². The molecule has 0 spiro atoms. The summed E-state index contributed by atoms with van der Waals surface area (Å²) in [6.07, 6.45) is 6.59. The van der Waals surface area contributed by atoms with Gasteiger partial charge in [0.15, 0.2) is 0 Å². The van der Waals surface area contributed by atoms with Gasteiger partial charge in [-0.3, -0.25) is 10.9 Å². The molecule has 0 bridgehead atoms. The highest BCUT2D eigenvalue weighted by Gasteiger charge is 1.94. The molecule has 66 valence electrons. The van der Waals surface area contributed by atoms with E-state index in [-0.39, 0.29) is 16.9 Å². The summed E-state index contributed by atoms with van der Waals surface area (Å²) in [7, 11) is 0.147. The molecule has 0 atom stereocenters. The van der Waals surface area contributed by atoms with Gasteiger partial charge >= 0.3 is 5.97 Å². The van der Waals surface area contributed by atoms with E-state index >= 15 is 0 Å². The first-order chi connectivity index (χ1) is 5.16. The van der Waals surface area contributed by atoms with Gasteiger partial charge in [0, 0.05) is 6.08 Å². The topological polar surface area (TPSA) is 26.3 Å². The Morgan fingerprint density at radius 1 is 1.64 bits per heavy atom. The second kappa shape index (κ2) is 6.28. The lowest BCUT2D eigenvalue weighted by atomic mass is 10.5. The molecule has 0 saturated heterocycles. The minimum Gasteiger partial charge on any atom is -0.463 e. The zero-order valence-corrected chi connectivity index (χ0v) is 8.06. The Balaban J connectivity index is 3.14. The second-order valence-corrected chi connectivity index (χ2v) is 5.14. The van der Waals surface area contributed by atoms with Gasteiger partial charge < -0.3 is 4.74 Å². The Bertz CT molecular complexity index is 132. The van der Waals surface area contributed by atoms with E-state index in [2.05, 4.69) is 19.1 Å². The van der Waals surface area contributed by atoms with Gasteiger partial charge in [-0.05, 0) is 24.7 Å². The third-order valence-electron chi connectivity index (χ3n) is 1.16. The van der Waals surface area contributed by atoms with Crippen LogP contribution in [0.15, 0.2) is 12.7 Å². The van der Waals surface area contributed by atoms with Gasteiger partial charge in [-0.2, -0.15) is 0 Å². The summed E-state index contributed by atoms with van der Waals surface area (Å²) >= 11 is 0. The van der Waals surface area contributed by atoms with E-state index in [0.717, 1.165) is 6.42 Å². The van der Waals surface area contributed by atoms with Crippen LogP contribution >= 0.6 is 10.9 Å². The van der Waals surface area contributed by atoms with Crippen molar-refractivity contribution in [2.24, 2.45) is 0 Å². The molecule has 0 aliphatic heterocycles. The van der Waals surface area contributed by atoms with Gasteiger partial charge in [0.05, 0.1) is 6.61 Å². The van der Waals surface area contributed by atoms with Crippen LogP contribution < -0.4 is 0 Å². The molecule has 0 aromatic heterocycles. The smallest absolute Gasteiger partial charge is 0.330 e. The van der Waals surface area contributed by atoms with Crippen LogP contribution in [-0.2, 0) is 9.53 Å². The van der Waals surface area contributed by atoms with Crippen LogP contribution in [0.25, 0.3) is 0 Å². The summed E-state index contributed by atoms with van der Waals surface area (Å²) in [4.78, 5) is 10.5. The SMILES string of the molecule is C=CC(=O)OCCC[SH](C)C. The number of hydrogen-bond acceptors (Lipinski definition) is 2. The summed E-state index contributed by atoms with van der Waals surface area (Å²) in [6, 6.07) is 0. The second-order valence-electron chi connectivity index (χ2n) is 2.53. The molecular weight excluding hydrogens is 160 g/mol. The predicted octanol–water partition coefficient (Wildman–Crippen LogP) is 1.37. The minimum absolute atomic E-state index is 0.147. The van der Waals surface area contributed by atoms with Crippen LogP contribution in [-0.4, -0.2) is 30.8 Å². The van der Waals surface area contributed by atoms with Crippen molar-refractivity contribution < 1.29 is 9.53 Å². The quantitative estimate of drug-likeness (QED) is 0.296. The number of carbonyl (C=O) groups excluding carboxylic acids is 1. The van der Waals surface area contributed by atoms with Crippen LogP contribution in [0.1, 0.15) is 6.42 Å². The average molecular weight is 176 g/mol. The maximum Gasteiger partial charge on any atom is 0.330 e. The third-order valence-corrected chi connectivity index (χ3v) is 2.37. The summed E-state index contributed by atoms with van der Waals surface area (Å²) in [5.74, 6) is 0.848. The summed E-state index contributed by atoms with van der Waals surface area (Å²) in [6.45, 7) is 3.84. The van der Waals surface area contributed by atoms with Crippen molar-refractivity contribution in [1.82, 2.24) is 0 Å². The Morgan fingerprint density at radius 2 is 2.27 bits per heavy atom. The zero-order chi connectivity index (χ0) is 8.69. The molecule has 0 N–H and O–H groups in total. The van der Waals surface area contributed by atoms with Crippen molar-refractivity contribution in [2.45, 2.75) is 6.42 Å². The average Bonchev–Trinajstić information content (AvgIpc) is 1.97. The Labute approximate surface area is 71.0 Å². The number of rotatable bonds is 5. The molecule has 0 saturated carbocycles. The molecule has 0 aromatic rings. The molecule has 0 unspecified atom stereocenters. The molecule has 0 radical (unpaired) electrons. The standard InChI is InChI=1S/C8H16O2S/c1-4-8(9)10-6-5-7-11(2)3/h4,11H,1,5-7H2,2-3H3. The summed E-state index contributed by atoms with van der Waals surface area (Å²) in [5, 5.41) is 0. The molecule has 0 aromatic carbocycles. The number of ether oxygens (including phenoxy) is 1. The highest BCUT2D eigenvalue weighted by atomic mass is 32.2. The lowest BCUT2D eigenvalue weighted by molar-refractivity contribution is -0.137. The number of hydrogen-bond donors (Lipinski definition) is 1. The molecule has 11 heavy (non-hydrogen) atoms. The molecule has 0 aliphatic rings. The van der Waals surface area contributed by atoms with Crippen LogP contribution in [0.3, 0.4) is 0 Å². The van der Waals surface area contributed by atoms with Crippen LogP contribution in [0, 0.1) is 0 Å². The van der Waals surface area contributed by atoms with Gasteiger partial charge in [-0.1, -0.05) is 6.58 Å². The maximum atomic E-state index is 10.5. The third kappa shape index (κ3) is 7.46. The Hall–Kier alpha value is -0.440. The van der Waals surface area contributed by atoms with E-state index in [1.807, 2.05) is 0 Å². The molecule has 0 heterocycles. The monoisotopic (exact) mass is 176 g/mol. The van der Waals surface area contributed by atoms with Crippen molar-refractivity contribution >= 4 is 16.9 Å². The fourth-order valence-electron chi connectivity index (χ4n) is 0.612. The zero-order valence-electron chi connectivity index (χ0n) is 7.17. The van der Waals surface area contributed by atoms with Crippen LogP contribution in [0.4, 0.5) is 0 Å². The van der Waals surface area contributed by atoms with Crippen molar-refractivity contribution in [1.29, 1.82) is 0 Å². The number of thiol groups is 1. The van der Waals surface area contributed by atoms with E-state index in [9.17, 15) is 4.79 Å². The molecule has 0 fully saturated rings. The van der Waals surface area contributed by atoms with Crippen LogP contribution in [0.2, 0.25) is 0 Å². The highest BCUT2D eigenvalue weighted by Crippen LogP contribution is 2.13. The van der Waals surface area contributed by atoms with Gasteiger partial charge in [-0.25, -0.2) is 4.79 Å². The minimum atomic E-state index is -0.318. The van der Waals surface area contributed by atoms with Gasteiger partial charge in [0.1, 0.15) is 0 Å². The molecule has 0 amide bonds. The molecule has 2 nitrogen and oxygen atoms in total. The number of carbonyl (C=O) groups is 1. The first kappa shape index (κ1) is 10.6. The fourth-order valence-corrected chi connectivity index (χ4v) is 1.37. The first-order valence-corrected chi connectivity index (χ1v) is 6.03. The highest BCUT2D eigenvalue weighted by molar-refractivity contribution is 8.15. The normalized spacial score (nSPS) is 10.5. The Kier molecular flexibility index (Phi) is 6.03. The lowest BCUT2D eigenvalue weighted by Crippen LogP contribution is -2.03. The van der Waals surface area contributed by atoms with Crippen molar-refractivity contribution in [3.05, 3.63) is 12.7 Å². The molecule has 3 heteroatoms. The van der Waals surface area contributed by atoms with Gasteiger partial charge in [0.25, 0.3) is 0 Å². The largest absolute Gasteiger partial charge is 0.463 e. The van der Waals surface area contributed by atoms with E-state index < -0.39 is 0 Å². The lowest BCUT2D eigenvalue weighted by Gasteiger charge is -2.07. The van der Waals surface area contributed by atoms with Crippen LogP contribution in [0.5, 0.6) is 0 Å². The maximum absolute atomic E-state index is 10.5. The first-order valence-electron chi connectivity index (χ1n) is 3.60. The molecular formula is C8H16O2S. The number of esters is 1. The van der Waals surface area contributed by atoms with E-state index in [1.54, 1.807) is 0 Å². The molecule has 0 aliphatic carbocycles. The molecule has 0 rings (SSSR count). The fraction of sp³-hybridized carbons (Fsp3) is 0.625.